The van der Waals surface area contributed by atoms with Crippen LogP contribution in [0.5, 0.6) is 0 Å². The summed E-state index contributed by atoms with van der Waals surface area (Å²) in [4.78, 5) is 14.0. The molecule has 0 radical (unpaired) electrons. The normalized spacial score (nSPS) is 35.5. The highest BCUT2D eigenvalue weighted by Gasteiger charge is 2.59. The zero-order valence-corrected chi connectivity index (χ0v) is 27.8. The Morgan fingerprint density at radius 3 is 2.32 bits per heavy atom. The van der Waals surface area contributed by atoms with E-state index in [2.05, 4.69) is 30.1 Å². The van der Waals surface area contributed by atoms with Crippen LogP contribution in [0.25, 0.3) is 0 Å². The second-order valence-electron chi connectivity index (χ2n) is 13.6. The summed E-state index contributed by atoms with van der Waals surface area (Å²) >= 11 is 0. The molecular weight excluding hydrogens is 613 g/mol. The Hall–Kier alpha value is -1.67. The minimum Gasteiger partial charge on any atom is -0.446 e. The lowest BCUT2D eigenvalue weighted by Gasteiger charge is -2.58. The monoisotopic (exact) mass is 665 g/mol. The van der Waals surface area contributed by atoms with Crippen molar-refractivity contribution in [3.8, 4) is 0 Å². The van der Waals surface area contributed by atoms with Crippen molar-refractivity contribution in [2.75, 3.05) is 20.2 Å². The standard InChI is InChI=1S/C30H51N5O7.2ClH/c1-16(33-34-27(31)32)20-7-8-21-19-6-5-17-13-18(9-11-29(17,2)22(19)10-12-30(20,21)3)42-28(41)35(4)14-23(37)25(39)26(40)24(38)15-36;;/h5,18-26,36-40H,6-15H2,1-4H3,(H4,31,32,34);2*1H/b33-16+;;. The van der Waals surface area contributed by atoms with Gasteiger partial charge < -0.3 is 46.6 Å². The van der Waals surface area contributed by atoms with Gasteiger partial charge >= 0.3 is 6.09 Å². The summed E-state index contributed by atoms with van der Waals surface area (Å²) in [5.41, 5.74) is 13.7. The SMILES string of the molecule is C/C(=N\N=C(N)N)C1CCC2C3CC=C4CC(OC(=O)N(C)CC(O)C(O)C(O)C(O)CO)CCC4(C)C3CCC12C.Cl.Cl. The number of halogens is 2. The fraction of sp³-hybridized carbons (Fsp3) is 0.833. The molecule has 0 saturated heterocycles. The highest BCUT2D eigenvalue weighted by molar-refractivity contribution is 5.86. The smallest absolute Gasteiger partial charge is 0.409 e. The predicted molar refractivity (Wildman–Crippen MR) is 173 cm³/mol. The Bertz CT molecular complexity index is 1090. The third-order valence-electron chi connectivity index (χ3n) is 11.3. The molecule has 0 aromatic heterocycles. The number of allylic oxidation sites excluding steroid dienone is 1. The van der Waals surface area contributed by atoms with Crippen molar-refractivity contribution < 1.29 is 35.1 Å². The van der Waals surface area contributed by atoms with E-state index in [1.807, 2.05) is 6.92 Å². The van der Waals surface area contributed by atoms with Gasteiger partial charge in [0.05, 0.1) is 13.2 Å². The molecule has 4 aliphatic rings. The summed E-state index contributed by atoms with van der Waals surface area (Å²) in [6.45, 7) is 5.80. The summed E-state index contributed by atoms with van der Waals surface area (Å²) in [6.07, 6.45) is 2.86. The summed E-state index contributed by atoms with van der Waals surface area (Å²) in [5.74, 6) is 2.16. The highest BCUT2D eigenvalue weighted by atomic mass is 35.5. The minimum atomic E-state index is -1.75. The number of carbonyl (C=O) groups is 1. The van der Waals surface area contributed by atoms with Crippen LogP contribution in [-0.4, -0.2) is 98.9 Å². The largest absolute Gasteiger partial charge is 0.446 e. The molecule has 44 heavy (non-hydrogen) atoms. The Kier molecular flexibility index (Phi) is 13.4. The van der Waals surface area contributed by atoms with Crippen LogP contribution in [0.1, 0.15) is 72.1 Å². The zero-order chi connectivity index (χ0) is 31.0. The molecule has 4 aliphatic carbocycles. The van der Waals surface area contributed by atoms with E-state index in [0.29, 0.717) is 30.1 Å². The number of rotatable bonds is 9. The molecule has 11 atom stereocenters. The predicted octanol–water partition coefficient (Wildman–Crippen LogP) is 1.93. The first-order chi connectivity index (χ1) is 19.7. The van der Waals surface area contributed by atoms with E-state index in [4.69, 9.17) is 21.3 Å². The quantitative estimate of drug-likeness (QED) is 0.0829. The molecule has 9 N–H and O–H groups in total. The van der Waals surface area contributed by atoms with Crippen molar-refractivity contribution in [2.24, 2.45) is 56.2 Å². The van der Waals surface area contributed by atoms with Gasteiger partial charge in [-0.3, -0.25) is 0 Å². The molecule has 11 unspecified atom stereocenters. The molecule has 0 aromatic rings. The number of fused-ring (bicyclic) bond motifs is 5. The van der Waals surface area contributed by atoms with Crippen molar-refractivity contribution in [3.63, 3.8) is 0 Å². The number of ether oxygens (including phenoxy) is 1. The Labute approximate surface area is 272 Å². The van der Waals surface area contributed by atoms with Gasteiger partial charge in [-0.05, 0) is 80.5 Å². The fourth-order valence-corrected chi connectivity index (χ4v) is 8.88. The molecule has 4 rings (SSSR count). The van der Waals surface area contributed by atoms with Gasteiger partial charge in [-0.15, -0.1) is 29.9 Å². The van der Waals surface area contributed by atoms with E-state index in [-0.39, 0.29) is 54.3 Å². The maximum absolute atomic E-state index is 12.8. The number of likely N-dealkylation sites (N-methyl/N-ethyl adjacent to an activating group) is 1. The number of hydrogen-bond donors (Lipinski definition) is 7. The number of carbonyl (C=O) groups excluding carboxylic acids is 1. The first-order valence-corrected chi connectivity index (χ1v) is 15.3. The van der Waals surface area contributed by atoms with Gasteiger partial charge in [0, 0.05) is 25.1 Å². The number of hydrogen-bond acceptors (Lipinski definition) is 9. The molecule has 0 aromatic carbocycles. The van der Waals surface area contributed by atoms with Crippen molar-refractivity contribution in [1.82, 2.24) is 4.90 Å². The molecule has 12 nitrogen and oxygen atoms in total. The van der Waals surface area contributed by atoms with Crippen molar-refractivity contribution in [1.29, 1.82) is 0 Å². The number of aliphatic hydroxyl groups is 5. The molecule has 1 amide bonds. The molecular formula is C30H53Cl2N5O7. The van der Waals surface area contributed by atoms with Gasteiger partial charge in [0.1, 0.15) is 30.5 Å². The van der Waals surface area contributed by atoms with Gasteiger partial charge in [-0.2, -0.15) is 5.10 Å². The first kappa shape index (κ1) is 38.5. The van der Waals surface area contributed by atoms with Crippen LogP contribution in [0.4, 0.5) is 4.79 Å². The van der Waals surface area contributed by atoms with Crippen LogP contribution in [0, 0.1) is 34.5 Å². The van der Waals surface area contributed by atoms with Crippen LogP contribution in [0.2, 0.25) is 0 Å². The third kappa shape index (κ3) is 7.48. The van der Waals surface area contributed by atoms with E-state index in [0.717, 1.165) is 49.1 Å². The maximum atomic E-state index is 12.8. The topological polar surface area (TPSA) is 207 Å². The first-order valence-electron chi connectivity index (χ1n) is 15.3. The Balaban J connectivity index is 0.00000337. The number of nitrogens with zero attached hydrogens (tertiary/aromatic N) is 3. The molecule has 14 heteroatoms. The van der Waals surface area contributed by atoms with E-state index in [1.54, 1.807) is 0 Å². The van der Waals surface area contributed by atoms with Crippen LogP contribution < -0.4 is 11.5 Å². The molecule has 0 aliphatic heterocycles. The number of amides is 1. The van der Waals surface area contributed by atoms with Crippen LogP contribution in [0.15, 0.2) is 21.9 Å². The maximum Gasteiger partial charge on any atom is 0.409 e. The number of aliphatic hydroxyl groups excluding tert-OH is 5. The molecule has 0 heterocycles. The number of guanidine groups is 1. The van der Waals surface area contributed by atoms with Crippen molar-refractivity contribution in [3.05, 3.63) is 11.6 Å². The average Bonchev–Trinajstić information content (AvgIpc) is 3.31. The highest BCUT2D eigenvalue weighted by Crippen LogP contribution is 2.66. The Morgan fingerprint density at radius 2 is 1.68 bits per heavy atom. The summed E-state index contributed by atoms with van der Waals surface area (Å²) in [6, 6.07) is 0. The third-order valence-corrected chi connectivity index (χ3v) is 11.3. The van der Waals surface area contributed by atoms with E-state index in [1.165, 1.54) is 19.0 Å². The molecule has 3 fully saturated rings. The van der Waals surface area contributed by atoms with Crippen LogP contribution in [-0.2, 0) is 4.74 Å². The van der Waals surface area contributed by atoms with Gasteiger partial charge in [0.15, 0.2) is 0 Å². The summed E-state index contributed by atoms with van der Waals surface area (Å²) in [5, 5.41) is 56.9. The molecule has 3 saturated carbocycles. The number of nitrogens with two attached hydrogens (primary N) is 2. The minimum absolute atomic E-state index is 0. The van der Waals surface area contributed by atoms with Crippen molar-refractivity contribution in [2.45, 2.75) is 103 Å². The second kappa shape index (κ2) is 15.3. The fourth-order valence-electron chi connectivity index (χ4n) is 8.88. The van der Waals surface area contributed by atoms with Gasteiger partial charge in [-0.1, -0.05) is 25.5 Å². The second-order valence-corrected chi connectivity index (χ2v) is 13.6. The van der Waals surface area contributed by atoms with Crippen LogP contribution in [0.3, 0.4) is 0 Å². The summed E-state index contributed by atoms with van der Waals surface area (Å²) in [7, 11) is 1.45. The lowest BCUT2D eigenvalue weighted by molar-refractivity contribution is -0.118. The van der Waals surface area contributed by atoms with Crippen LogP contribution >= 0.6 is 24.8 Å². The van der Waals surface area contributed by atoms with Crippen molar-refractivity contribution >= 4 is 42.6 Å². The van der Waals surface area contributed by atoms with E-state index >= 15 is 0 Å². The molecule has 0 bridgehead atoms. The van der Waals surface area contributed by atoms with Gasteiger partial charge in [0.25, 0.3) is 0 Å². The van der Waals surface area contributed by atoms with E-state index in [9.17, 15) is 25.2 Å². The lowest BCUT2D eigenvalue weighted by Crippen LogP contribution is -2.51. The average molecular weight is 667 g/mol. The van der Waals surface area contributed by atoms with Gasteiger partial charge in [0.2, 0.25) is 5.96 Å². The Morgan fingerprint density at radius 1 is 1.02 bits per heavy atom. The zero-order valence-electron chi connectivity index (χ0n) is 26.2. The van der Waals surface area contributed by atoms with E-state index < -0.39 is 37.1 Å². The molecule has 0 spiro atoms. The molecule has 254 valence electrons. The summed E-state index contributed by atoms with van der Waals surface area (Å²) < 4.78 is 5.82. The van der Waals surface area contributed by atoms with Gasteiger partial charge in [-0.25, -0.2) is 4.79 Å². The lowest BCUT2D eigenvalue weighted by atomic mass is 9.47.